The Morgan fingerprint density at radius 3 is 2.65 bits per heavy atom. The number of halogens is 2. The van der Waals surface area contributed by atoms with Gasteiger partial charge in [-0.25, -0.2) is 4.79 Å². The molecule has 2 aromatic carbocycles. The third-order valence-electron chi connectivity index (χ3n) is 3.60. The molecule has 0 radical (unpaired) electrons. The molecule has 8 heteroatoms. The van der Waals surface area contributed by atoms with Gasteiger partial charge < -0.3 is 15.7 Å². The molecule has 26 heavy (non-hydrogen) atoms. The van der Waals surface area contributed by atoms with Crippen molar-refractivity contribution in [1.29, 1.82) is 0 Å². The quantitative estimate of drug-likeness (QED) is 0.605. The number of carbonyl (C=O) groups is 2. The minimum Gasteiger partial charge on any atom is -0.478 e. The summed E-state index contributed by atoms with van der Waals surface area (Å²) in [5.41, 5.74) is 1.06. The standard InChI is InChI=1S/C18H13Cl2N3O3/c19-12-5-10-4-11(18(25)26)6-15(17(10)14(20)7-12)22-9-16(24)23-13-2-1-3-21-8-13/h1-8,22H,9H2,(H,23,24)(H,25,26). The highest BCUT2D eigenvalue weighted by Crippen LogP contribution is 2.34. The van der Waals surface area contributed by atoms with E-state index < -0.39 is 5.97 Å². The van der Waals surface area contributed by atoms with Gasteiger partial charge >= 0.3 is 5.97 Å². The van der Waals surface area contributed by atoms with Gasteiger partial charge in [0.25, 0.3) is 0 Å². The van der Waals surface area contributed by atoms with Gasteiger partial charge in [-0.15, -0.1) is 0 Å². The number of aromatic nitrogens is 1. The van der Waals surface area contributed by atoms with Gasteiger partial charge in [0.15, 0.2) is 0 Å². The molecule has 132 valence electrons. The number of amides is 1. The highest BCUT2D eigenvalue weighted by atomic mass is 35.5. The minimum atomic E-state index is -1.09. The van der Waals surface area contributed by atoms with E-state index in [9.17, 15) is 14.7 Å². The molecule has 0 saturated heterocycles. The first-order valence-electron chi connectivity index (χ1n) is 7.54. The van der Waals surface area contributed by atoms with E-state index in [0.29, 0.717) is 32.2 Å². The number of anilines is 2. The van der Waals surface area contributed by atoms with Crippen molar-refractivity contribution in [3.63, 3.8) is 0 Å². The van der Waals surface area contributed by atoms with Gasteiger partial charge in [0, 0.05) is 22.3 Å². The molecule has 3 aromatic rings. The zero-order valence-electron chi connectivity index (χ0n) is 13.3. The number of hydrogen-bond acceptors (Lipinski definition) is 4. The van der Waals surface area contributed by atoms with E-state index in [4.69, 9.17) is 23.2 Å². The van der Waals surface area contributed by atoms with Gasteiger partial charge in [0.05, 0.1) is 29.0 Å². The average Bonchev–Trinajstić information content (AvgIpc) is 2.59. The fourth-order valence-electron chi connectivity index (χ4n) is 2.51. The Morgan fingerprint density at radius 2 is 1.96 bits per heavy atom. The van der Waals surface area contributed by atoms with Crippen LogP contribution in [0.3, 0.4) is 0 Å². The van der Waals surface area contributed by atoms with Crippen LogP contribution in [-0.2, 0) is 4.79 Å². The lowest BCUT2D eigenvalue weighted by Crippen LogP contribution is -2.22. The molecule has 1 heterocycles. The summed E-state index contributed by atoms with van der Waals surface area (Å²) in [5.74, 6) is -1.40. The van der Waals surface area contributed by atoms with Gasteiger partial charge in [0.1, 0.15) is 0 Å². The van der Waals surface area contributed by atoms with Crippen molar-refractivity contribution in [2.75, 3.05) is 17.2 Å². The molecule has 3 N–H and O–H groups in total. The largest absolute Gasteiger partial charge is 0.478 e. The predicted octanol–water partition coefficient (Wildman–Crippen LogP) is 4.29. The summed E-state index contributed by atoms with van der Waals surface area (Å²) in [4.78, 5) is 27.4. The topological polar surface area (TPSA) is 91.3 Å². The van der Waals surface area contributed by atoms with Crippen LogP contribution in [0.4, 0.5) is 11.4 Å². The number of benzene rings is 2. The van der Waals surface area contributed by atoms with E-state index in [1.54, 1.807) is 30.5 Å². The zero-order chi connectivity index (χ0) is 18.7. The molecule has 0 bridgehead atoms. The maximum atomic E-state index is 12.1. The van der Waals surface area contributed by atoms with Crippen LogP contribution in [0.25, 0.3) is 10.8 Å². The van der Waals surface area contributed by atoms with Crippen LogP contribution < -0.4 is 10.6 Å². The summed E-state index contributed by atoms with van der Waals surface area (Å²) >= 11 is 12.3. The van der Waals surface area contributed by atoms with Crippen LogP contribution in [-0.4, -0.2) is 28.5 Å². The molecule has 0 aliphatic heterocycles. The number of fused-ring (bicyclic) bond motifs is 1. The Kier molecular flexibility index (Phi) is 5.25. The predicted molar refractivity (Wildman–Crippen MR) is 102 cm³/mol. The number of carboxylic acids is 1. The van der Waals surface area contributed by atoms with Gasteiger partial charge in [-0.1, -0.05) is 23.2 Å². The number of rotatable bonds is 5. The van der Waals surface area contributed by atoms with Gasteiger partial charge in [-0.05, 0) is 41.8 Å². The Balaban J connectivity index is 1.88. The number of nitrogens with one attached hydrogen (secondary N) is 2. The molecule has 0 spiro atoms. The molecule has 0 aliphatic rings. The van der Waals surface area contributed by atoms with Crippen molar-refractivity contribution < 1.29 is 14.7 Å². The van der Waals surface area contributed by atoms with E-state index in [2.05, 4.69) is 15.6 Å². The first kappa shape index (κ1) is 18.0. The van der Waals surface area contributed by atoms with E-state index in [0.717, 1.165) is 0 Å². The van der Waals surface area contributed by atoms with Gasteiger partial charge in [-0.3, -0.25) is 9.78 Å². The fraction of sp³-hybridized carbons (Fsp3) is 0.0556. The molecule has 0 atom stereocenters. The van der Waals surface area contributed by atoms with Crippen LogP contribution in [0.5, 0.6) is 0 Å². The number of carbonyl (C=O) groups excluding carboxylic acids is 1. The molecule has 1 amide bonds. The van der Waals surface area contributed by atoms with Crippen molar-refractivity contribution in [2.24, 2.45) is 0 Å². The molecule has 6 nitrogen and oxygen atoms in total. The lowest BCUT2D eigenvalue weighted by Gasteiger charge is -2.13. The van der Waals surface area contributed by atoms with E-state index >= 15 is 0 Å². The highest BCUT2D eigenvalue weighted by Gasteiger charge is 2.13. The van der Waals surface area contributed by atoms with Gasteiger partial charge in [-0.2, -0.15) is 0 Å². The Bertz CT molecular complexity index is 994. The second-order valence-corrected chi connectivity index (χ2v) is 6.30. The smallest absolute Gasteiger partial charge is 0.335 e. The minimum absolute atomic E-state index is 0.0611. The molecule has 0 unspecified atom stereocenters. The molecule has 0 aliphatic carbocycles. The Morgan fingerprint density at radius 1 is 1.15 bits per heavy atom. The summed E-state index contributed by atoms with van der Waals surface area (Å²) in [6.07, 6.45) is 3.13. The highest BCUT2D eigenvalue weighted by molar-refractivity contribution is 6.39. The number of pyridine rings is 1. The second kappa shape index (κ2) is 7.59. The molecule has 0 saturated carbocycles. The first-order valence-corrected chi connectivity index (χ1v) is 8.29. The summed E-state index contributed by atoms with van der Waals surface area (Å²) in [7, 11) is 0. The normalized spacial score (nSPS) is 10.5. The first-order chi connectivity index (χ1) is 12.4. The maximum Gasteiger partial charge on any atom is 0.335 e. The summed E-state index contributed by atoms with van der Waals surface area (Å²) in [6.45, 7) is -0.0774. The average molecular weight is 390 g/mol. The summed E-state index contributed by atoms with van der Waals surface area (Å²) < 4.78 is 0. The number of carboxylic acid groups (broad SMARTS) is 1. The lowest BCUT2D eigenvalue weighted by molar-refractivity contribution is -0.114. The number of aromatic carboxylic acids is 1. The van der Waals surface area contributed by atoms with Crippen molar-refractivity contribution in [3.8, 4) is 0 Å². The van der Waals surface area contributed by atoms with E-state index in [-0.39, 0.29) is 18.0 Å². The SMILES string of the molecule is O=C(CNc1cc(C(=O)O)cc2cc(Cl)cc(Cl)c12)Nc1cccnc1. The molecule has 1 aromatic heterocycles. The van der Waals surface area contributed by atoms with Crippen molar-refractivity contribution in [2.45, 2.75) is 0 Å². The maximum absolute atomic E-state index is 12.1. The number of nitrogens with zero attached hydrogens (tertiary/aromatic N) is 1. The Labute approximate surface area is 158 Å². The summed E-state index contributed by atoms with van der Waals surface area (Å²) in [6, 6.07) is 9.52. The van der Waals surface area contributed by atoms with Crippen molar-refractivity contribution in [1.82, 2.24) is 4.98 Å². The van der Waals surface area contributed by atoms with Crippen LogP contribution in [0, 0.1) is 0 Å². The van der Waals surface area contributed by atoms with Gasteiger partial charge in [0.2, 0.25) is 5.91 Å². The third-order valence-corrected chi connectivity index (χ3v) is 4.11. The molecular formula is C18H13Cl2N3O3. The van der Waals surface area contributed by atoms with E-state index in [1.165, 1.54) is 18.3 Å². The molecule has 3 rings (SSSR count). The van der Waals surface area contributed by atoms with Crippen LogP contribution in [0.2, 0.25) is 10.0 Å². The molecular weight excluding hydrogens is 377 g/mol. The van der Waals surface area contributed by atoms with Crippen LogP contribution in [0.15, 0.2) is 48.8 Å². The van der Waals surface area contributed by atoms with Crippen molar-refractivity contribution in [3.05, 3.63) is 64.4 Å². The van der Waals surface area contributed by atoms with E-state index in [1.807, 2.05) is 0 Å². The summed E-state index contributed by atoms with van der Waals surface area (Å²) in [5, 5.41) is 16.8. The van der Waals surface area contributed by atoms with Crippen LogP contribution >= 0.6 is 23.2 Å². The third kappa shape index (κ3) is 4.04. The second-order valence-electron chi connectivity index (χ2n) is 5.46. The number of hydrogen-bond donors (Lipinski definition) is 3. The fourth-order valence-corrected chi connectivity index (χ4v) is 3.12. The Hall–Kier alpha value is -2.83. The van der Waals surface area contributed by atoms with Crippen molar-refractivity contribution >= 4 is 57.2 Å². The zero-order valence-corrected chi connectivity index (χ0v) is 14.8. The van der Waals surface area contributed by atoms with Crippen LogP contribution in [0.1, 0.15) is 10.4 Å². The lowest BCUT2D eigenvalue weighted by atomic mass is 10.0. The monoisotopic (exact) mass is 389 g/mol. The molecule has 0 fully saturated rings.